The maximum absolute atomic E-state index is 12.9. The number of nitrogens with two attached hydrogens (primary N) is 1. The number of alkyl halides is 3. The van der Waals surface area contributed by atoms with Gasteiger partial charge in [-0.05, 0) is 18.6 Å². The Kier molecular flexibility index (Phi) is 7.28. The van der Waals surface area contributed by atoms with Gasteiger partial charge in [-0.3, -0.25) is 9.59 Å². The maximum Gasteiger partial charge on any atom is 0.416 e. The molecular weight excluding hydrogens is 471 g/mol. The Morgan fingerprint density at radius 2 is 2.06 bits per heavy atom. The summed E-state index contributed by atoms with van der Waals surface area (Å²) in [5.74, 6) is -0.721. The standard InChI is InChI=1S/C18H16F3N5O2S3/c1-2-12(14(22)28)30-17-23-11(8-29-17)7-13(27)24-16-25-15(26-31-16)9-4-3-5-10(6-9)18(19,20)21/h3-6,8,12H,2,7H2,1H3,(H2,22,28)(H,24,25,26,27). The molecule has 0 spiro atoms. The van der Waals surface area contributed by atoms with Crippen LogP contribution in [0.2, 0.25) is 0 Å². The van der Waals surface area contributed by atoms with E-state index in [0.717, 1.165) is 23.7 Å². The number of anilines is 1. The van der Waals surface area contributed by atoms with Crippen LogP contribution < -0.4 is 11.1 Å². The van der Waals surface area contributed by atoms with Crippen LogP contribution in [-0.2, 0) is 22.2 Å². The van der Waals surface area contributed by atoms with E-state index < -0.39 is 23.6 Å². The van der Waals surface area contributed by atoms with Gasteiger partial charge in [-0.1, -0.05) is 30.8 Å². The molecule has 2 aromatic heterocycles. The highest BCUT2D eigenvalue weighted by atomic mass is 32.2. The van der Waals surface area contributed by atoms with Gasteiger partial charge in [0.1, 0.15) is 0 Å². The Morgan fingerprint density at radius 1 is 1.29 bits per heavy atom. The summed E-state index contributed by atoms with van der Waals surface area (Å²) in [6.07, 6.45) is -3.92. The first-order chi connectivity index (χ1) is 14.7. The van der Waals surface area contributed by atoms with E-state index >= 15 is 0 Å². The highest BCUT2D eigenvalue weighted by Gasteiger charge is 2.30. The van der Waals surface area contributed by atoms with E-state index in [9.17, 15) is 22.8 Å². The largest absolute Gasteiger partial charge is 0.416 e. The third-order valence-electron chi connectivity index (χ3n) is 3.92. The van der Waals surface area contributed by atoms with Crippen LogP contribution in [0.3, 0.4) is 0 Å². The maximum atomic E-state index is 12.9. The zero-order valence-corrected chi connectivity index (χ0v) is 18.4. The first-order valence-corrected chi connectivity index (χ1v) is 11.4. The molecule has 1 unspecified atom stereocenters. The Bertz CT molecular complexity index is 1080. The Hall–Kier alpha value is -2.51. The van der Waals surface area contributed by atoms with Gasteiger partial charge < -0.3 is 11.1 Å². The Labute approximate surface area is 187 Å². The molecular formula is C18H16F3N5O2S3. The zero-order chi connectivity index (χ0) is 22.6. The number of hydrogen-bond donors (Lipinski definition) is 2. The van der Waals surface area contributed by atoms with Crippen LogP contribution >= 0.6 is 34.6 Å². The zero-order valence-electron chi connectivity index (χ0n) is 16.0. The molecule has 3 rings (SSSR count). The number of nitrogens with one attached hydrogen (secondary N) is 1. The van der Waals surface area contributed by atoms with E-state index in [1.165, 1.54) is 35.2 Å². The number of thioether (sulfide) groups is 1. The van der Waals surface area contributed by atoms with Gasteiger partial charge in [-0.2, -0.15) is 22.5 Å². The Balaban J connectivity index is 1.62. The predicted molar refractivity (Wildman–Crippen MR) is 114 cm³/mol. The van der Waals surface area contributed by atoms with Crippen molar-refractivity contribution in [1.82, 2.24) is 14.3 Å². The van der Waals surface area contributed by atoms with Crippen molar-refractivity contribution in [2.75, 3.05) is 5.32 Å². The second kappa shape index (κ2) is 9.75. The number of aromatic nitrogens is 3. The van der Waals surface area contributed by atoms with E-state index in [1.54, 1.807) is 5.38 Å². The predicted octanol–water partition coefficient (Wildman–Crippen LogP) is 4.22. The molecule has 3 aromatic rings. The summed E-state index contributed by atoms with van der Waals surface area (Å²) in [4.78, 5) is 32.0. The molecule has 0 saturated heterocycles. The highest BCUT2D eigenvalue weighted by molar-refractivity contribution is 8.02. The fourth-order valence-electron chi connectivity index (χ4n) is 2.44. The Morgan fingerprint density at radius 3 is 2.74 bits per heavy atom. The molecule has 0 aliphatic carbocycles. The van der Waals surface area contributed by atoms with Crippen molar-refractivity contribution >= 4 is 51.6 Å². The average Bonchev–Trinajstić information content (AvgIpc) is 3.34. The third kappa shape index (κ3) is 6.24. The van der Waals surface area contributed by atoms with E-state index in [0.29, 0.717) is 16.5 Å². The minimum Gasteiger partial charge on any atom is -0.369 e. The van der Waals surface area contributed by atoms with Gasteiger partial charge in [0.2, 0.25) is 16.9 Å². The molecule has 7 nitrogen and oxygen atoms in total. The molecule has 0 bridgehead atoms. The van der Waals surface area contributed by atoms with E-state index in [1.807, 2.05) is 6.92 Å². The smallest absolute Gasteiger partial charge is 0.369 e. The molecule has 164 valence electrons. The van der Waals surface area contributed by atoms with Crippen molar-refractivity contribution in [2.24, 2.45) is 5.73 Å². The normalized spacial score (nSPS) is 12.5. The number of benzene rings is 1. The summed E-state index contributed by atoms with van der Waals surface area (Å²) < 4.78 is 43.3. The van der Waals surface area contributed by atoms with Crippen molar-refractivity contribution in [3.8, 4) is 11.4 Å². The molecule has 2 heterocycles. The fourth-order valence-corrected chi connectivity index (χ4v) is 5.00. The number of primary amides is 1. The lowest BCUT2D eigenvalue weighted by atomic mass is 10.1. The SMILES string of the molecule is CCC(Sc1nc(CC(=O)Nc2nc(-c3cccc(C(F)(F)F)c3)ns2)cs1)C(N)=O. The molecule has 3 N–H and O–H groups in total. The number of amides is 2. The summed E-state index contributed by atoms with van der Waals surface area (Å²) in [5, 5.41) is 4.07. The van der Waals surface area contributed by atoms with Crippen LogP contribution in [0.5, 0.6) is 0 Å². The quantitative estimate of drug-likeness (QED) is 0.461. The van der Waals surface area contributed by atoms with Gasteiger partial charge in [0, 0.05) is 22.5 Å². The number of thiazole rings is 1. The van der Waals surface area contributed by atoms with Crippen molar-refractivity contribution in [2.45, 2.75) is 35.5 Å². The van der Waals surface area contributed by atoms with Gasteiger partial charge in [0.05, 0.1) is 22.9 Å². The highest BCUT2D eigenvalue weighted by Crippen LogP contribution is 2.32. The van der Waals surface area contributed by atoms with Crippen LogP contribution in [0.25, 0.3) is 11.4 Å². The molecule has 0 radical (unpaired) electrons. The van der Waals surface area contributed by atoms with Crippen molar-refractivity contribution in [3.05, 3.63) is 40.9 Å². The van der Waals surface area contributed by atoms with Crippen LogP contribution in [0.4, 0.5) is 18.3 Å². The van der Waals surface area contributed by atoms with E-state index in [4.69, 9.17) is 5.73 Å². The van der Waals surface area contributed by atoms with Gasteiger partial charge in [-0.25, -0.2) is 4.98 Å². The number of carbonyl (C=O) groups is 2. The van der Waals surface area contributed by atoms with Crippen molar-refractivity contribution < 1.29 is 22.8 Å². The van der Waals surface area contributed by atoms with Gasteiger partial charge in [0.15, 0.2) is 10.2 Å². The molecule has 13 heteroatoms. The summed E-state index contributed by atoms with van der Waals surface area (Å²) in [7, 11) is 0. The molecule has 31 heavy (non-hydrogen) atoms. The minimum absolute atomic E-state index is 0.0249. The molecule has 1 aromatic carbocycles. The lowest BCUT2D eigenvalue weighted by Gasteiger charge is -2.07. The van der Waals surface area contributed by atoms with Crippen LogP contribution in [0, 0.1) is 0 Å². The molecule has 0 fully saturated rings. The first kappa shape index (κ1) is 23.2. The topological polar surface area (TPSA) is 111 Å². The molecule has 0 saturated carbocycles. The van der Waals surface area contributed by atoms with Crippen LogP contribution in [0.15, 0.2) is 34.0 Å². The third-order valence-corrected chi connectivity index (χ3v) is 6.96. The number of rotatable bonds is 8. The lowest BCUT2D eigenvalue weighted by Crippen LogP contribution is -2.24. The summed E-state index contributed by atoms with van der Waals surface area (Å²) in [6.45, 7) is 1.85. The van der Waals surface area contributed by atoms with Crippen LogP contribution in [0.1, 0.15) is 24.6 Å². The van der Waals surface area contributed by atoms with Gasteiger partial charge in [-0.15, -0.1) is 11.3 Å². The number of hydrogen-bond acceptors (Lipinski definition) is 8. The number of halogens is 3. The molecule has 2 amide bonds. The summed E-state index contributed by atoms with van der Waals surface area (Å²) >= 11 is 3.43. The monoisotopic (exact) mass is 487 g/mol. The van der Waals surface area contributed by atoms with Crippen molar-refractivity contribution in [3.63, 3.8) is 0 Å². The average molecular weight is 488 g/mol. The summed E-state index contributed by atoms with van der Waals surface area (Å²) in [6, 6.07) is 4.66. The molecule has 1 atom stereocenters. The minimum atomic E-state index is -4.47. The molecule has 0 aliphatic rings. The second-order valence-corrected chi connectivity index (χ2v) is 9.31. The van der Waals surface area contributed by atoms with E-state index in [2.05, 4.69) is 19.7 Å². The van der Waals surface area contributed by atoms with Gasteiger partial charge in [0.25, 0.3) is 0 Å². The lowest BCUT2D eigenvalue weighted by molar-refractivity contribution is -0.137. The molecule has 0 aliphatic heterocycles. The second-order valence-electron chi connectivity index (χ2n) is 6.25. The van der Waals surface area contributed by atoms with Gasteiger partial charge >= 0.3 is 6.18 Å². The fraction of sp³-hybridized carbons (Fsp3) is 0.278. The number of nitrogens with zero attached hydrogens (tertiary/aromatic N) is 3. The van der Waals surface area contributed by atoms with Crippen molar-refractivity contribution in [1.29, 1.82) is 0 Å². The summed E-state index contributed by atoms with van der Waals surface area (Å²) in [5.41, 5.74) is 5.25. The first-order valence-electron chi connectivity index (χ1n) is 8.87. The van der Waals surface area contributed by atoms with E-state index in [-0.39, 0.29) is 28.2 Å². The number of carbonyl (C=O) groups excluding carboxylic acids is 2. The van der Waals surface area contributed by atoms with Crippen LogP contribution in [-0.4, -0.2) is 31.4 Å².